The first-order valence-corrected chi connectivity index (χ1v) is 8.95. The van der Waals surface area contributed by atoms with Crippen LogP contribution in [0, 0.1) is 6.92 Å². The van der Waals surface area contributed by atoms with Crippen LogP contribution in [-0.4, -0.2) is 45.4 Å². The lowest BCUT2D eigenvalue weighted by molar-refractivity contribution is -0.147. The van der Waals surface area contributed by atoms with E-state index < -0.39 is 5.97 Å². The predicted octanol–water partition coefficient (Wildman–Crippen LogP) is 3.21. The minimum absolute atomic E-state index is 0.192. The molecule has 0 aliphatic rings. The molecule has 1 amide bonds. The lowest BCUT2D eigenvalue weighted by Gasteiger charge is -2.11. The molecule has 150 valence electrons. The van der Waals surface area contributed by atoms with E-state index in [-0.39, 0.29) is 19.1 Å². The summed E-state index contributed by atoms with van der Waals surface area (Å²) in [5, 5.41) is 2.83. The zero-order valence-electron chi connectivity index (χ0n) is 16.3. The molecule has 2 rings (SSSR count). The van der Waals surface area contributed by atoms with Crippen molar-refractivity contribution in [3.63, 3.8) is 0 Å². The summed E-state index contributed by atoms with van der Waals surface area (Å²) in [7, 11) is 1.55. The standard InChI is InChI=1S/C21H25NO6/c1-4-26-11-12-27-20(23)14-28-17-8-6-16(7-9-17)21(24)22-18-13-15(2)5-10-19(18)25-3/h5-10,13H,4,11-12,14H2,1-3H3,(H,22,24). The maximum absolute atomic E-state index is 12.4. The third kappa shape index (κ3) is 6.59. The number of esters is 1. The normalized spacial score (nSPS) is 10.2. The third-order valence-electron chi connectivity index (χ3n) is 3.77. The summed E-state index contributed by atoms with van der Waals surface area (Å²) in [6.07, 6.45) is 0. The minimum Gasteiger partial charge on any atom is -0.495 e. The number of carbonyl (C=O) groups is 2. The fraction of sp³-hybridized carbons (Fsp3) is 0.333. The number of methoxy groups -OCH3 is 1. The Balaban J connectivity index is 1.87. The topological polar surface area (TPSA) is 83.1 Å². The second kappa shape index (κ2) is 10.9. The Bertz CT molecular complexity index is 788. The van der Waals surface area contributed by atoms with Crippen LogP contribution in [0.5, 0.6) is 11.5 Å². The molecule has 7 heteroatoms. The molecule has 0 bridgehead atoms. The number of carbonyl (C=O) groups excluding carboxylic acids is 2. The molecule has 0 aliphatic heterocycles. The van der Waals surface area contributed by atoms with Gasteiger partial charge >= 0.3 is 5.97 Å². The number of hydrogen-bond acceptors (Lipinski definition) is 6. The molecule has 0 saturated heterocycles. The van der Waals surface area contributed by atoms with Crippen LogP contribution in [-0.2, 0) is 14.3 Å². The molecule has 1 N–H and O–H groups in total. The molecule has 0 aliphatic carbocycles. The number of aryl methyl sites for hydroxylation is 1. The Labute approximate surface area is 164 Å². The SMILES string of the molecule is CCOCCOC(=O)COc1ccc(C(=O)Nc2cc(C)ccc2OC)cc1. The zero-order chi connectivity index (χ0) is 20.4. The van der Waals surface area contributed by atoms with Crippen molar-refractivity contribution in [1.29, 1.82) is 0 Å². The van der Waals surface area contributed by atoms with Crippen molar-refractivity contribution in [2.75, 3.05) is 38.9 Å². The molecule has 0 unspecified atom stereocenters. The van der Waals surface area contributed by atoms with Gasteiger partial charge in [-0.15, -0.1) is 0 Å². The van der Waals surface area contributed by atoms with Crippen molar-refractivity contribution in [2.24, 2.45) is 0 Å². The van der Waals surface area contributed by atoms with Crippen molar-refractivity contribution in [3.8, 4) is 11.5 Å². The summed E-state index contributed by atoms with van der Waals surface area (Å²) >= 11 is 0. The molecule has 7 nitrogen and oxygen atoms in total. The van der Waals surface area contributed by atoms with Crippen LogP contribution in [0.3, 0.4) is 0 Å². The van der Waals surface area contributed by atoms with Crippen LogP contribution < -0.4 is 14.8 Å². The number of anilines is 1. The molecule has 0 heterocycles. The fourth-order valence-corrected chi connectivity index (χ4v) is 2.36. The zero-order valence-corrected chi connectivity index (χ0v) is 16.3. The lowest BCUT2D eigenvalue weighted by atomic mass is 10.1. The Morgan fingerprint density at radius 3 is 2.46 bits per heavy atom. The van der Waals surface area contributed by atoms with E-state index in [4.69, 9.17) is 18.9 Å². The van der Waals surface area contributed by atoms with E-state index >= 15 is 0 Å². The lowest BCUT2D eigenvalue weighted by Crippen LogP contribution is -2.17. The number of benzene rings is 2. The molecular weight excluding hydrogens is 362 g/mol. The molecule has 0 atom stereocenters. The van der Waals surface area contributed by atoms with Gasteiger partial charge in [0.25, 0.3) is 5.91 Å². The first kappa shape index (κ1) is 21.2. The van der Waals surface area contributed by atoms with Gasteiger partial charge in [-0.1, -0.05) is 6.07 Å². The molecule has 2 aromatic carbocycles. The Morgan fingerprint density at radius 1 is 1.04 bits per heavy atom. The molecule has 0 spiro atoms. The van der Waals surface area contributed by atoms with Gasteiger partial charge in [-0.2, -0.15) is 0 Å². The summed E-state index contributed by atoms with van der Waals surface area (Å²) in [5.41, 5.74) is 2.06. The van der Waals surface area contributed by atoms with Crippen molar-refractivity contribution >= 4 is 17.6 Å². The van der Waals surface area contributed by atoms with Crippen molar-refractivity contribution in [1.82, 2.24) is 0 Å². The highest BCUT2D eigenvalue weighted by atomic mass is 16.6. The average molecular weight is 387 g/mol. The predicted molar refractivity (Wildman–Crippen MR) is 105 cm³/mol. The highest BCUT2D eigenvalue weighted by Crippen LogP contribution is 2.26. The van der Waals surface area contributed by atoms with Crippen molar-refractivity contribution < 1.29 is 28.5 Å². The third-order valence-corrected chi connectivity index (χ3v) is 3.77. The number of rotatable bonds is 10. The summed E-state index contributed by atoms with van der Waals surface area (Å²) in [6.45, 7) is 4.72. The van der Waals surface area contributed by atoms with Crippen LogP contribution >= 0.6 is 0 Å². The Kier molecular flexibility index (Phi) is 8.30. The summed E-state index contributed by atoms with van der Waals surface area (Å²) in [4.78, 5) is 24.0. The highest BCUT2D eigenvalue weighted by molar-refractivity contribution is 6.05. The van der Waals surface area contributed by atoms with Crippen LogP contribution in [0.4, 0.5) is 5.69 Å². The highest BCUT2D eigenvalue weighted by Gasteiger charge is 2.11. The van der Waals surface area contributed by atoms with Gasteiger partial charge in [0.2, 0.25) is 0 Å². The molecule has 0 aromatic heterocycles. The number of nitrogens with one attached hydrogen (secondary N) is 1. The van der Waals surface area contributed by atoms with E-state index in [1.807, 2.05) is 26.0 Å². The summed E-state index contributed by atoms with van der Waals surface area (Å²) < 4.78 is 20.7. The second-order valence-corrected chi connectivity index (χ2v) is 5.89. The van der Waals surface area contributed by atoms with Crippen molar-refractivity contribution in [3.05, 3.63) is 53.6 Å². The van der Waals surface area contributed by atoms with Gasteiger partial charge in [0.1, 0.15) is 18.1 Å². The van der Waals surface area contributed by atoms with E-state index in [0.29, 0.717) is 36.0 Å². The van der Waals surface area contributed by atoms with E-state index in [1.165, 1.54) is 0 Å². The van der Waals surface area contributed by atoms with Crippen LogP contribution in [0.2, 0.25) is 0 Å². The monoisotopic (exact) mass is 387 g/mol. The van der Waals surface area contributed by atoms with Gasteiger partial charge in [0, 0.05) is 12.2 Å². The maximum atomic E-state index is 12.4. The maximum Gasteiger partial charge on any atom is 0.344 e. The first-order chi connectivity index (χ1) is 13.5. The minimum atomic E-state index is -0.479. The van der Waals surface area contributed by atoms with Gasteiger partial charge in [-0.25, -0.2) is 4.79 Å². The van der Waals surface area contributed by atoms with E-state index in [2.05, 4.69) is 5.32 Å². The summed E-state index contributed by atoms with van der Waals surface area (Å²) in [6, 6.07) is 12.0. The smallest absolute Gasteiger partial charge is 0.344 e. The largest absolute Gasteiger partial charge is 0.495 e. The van der Waals surface area contributed by atoms with Gasteiger partial charge in [0.15, 0.2) is 6.61 Å². The molecule has 0 fully saturated rings. The molecule has 0 saturated carbocycles. The van der Waals surface area contributed by atoms with Gasteiger partial charge in [0.05, 0.1) is 19.4 Å². The molecular formula is C21H25NO6. The van der Waals surface area contributed by atoms with E-state index in [0.717, 1.165) is 5.56 Å². The van der Waals surface area contributed by atoms with E-state index in [9.17, 15) is 9.59 Å². The average Bonchev–Trinajstić information content (AvgIpc) is 2.70. The number of amides is 1. The first-order valence-electron chi connectivity index (χ1n) is 8.95. The second-order valence-electron chi connectivity index (χ2n) is 5.89. The fourth-order valence-electron chi connectivity index (χ4n) is 2.36. The number of ether oxygens (including phenoxy) is 4. The van der Waals surface area contributed by atoms with Crippen LogP contribution in [0.15, 0.2) is 42.5 Å². The van der Waals surface area contributed by atoms with E-state index in [1.54, 1.807) is 37.4 Å². The van der Waals surface area contributed by atoms with Crippen molar-refractivity contribution in [2.45, 2.75) is 13.8 Å². The van der Waals surface area contributed by atoms with Crippen LogP contribution in [0.25, 0.3) is 0 Å². The van der Waals surface area contributed by atoms with Gasteiger partial charge < -0.3 is 24.3 Å². The Hall–Kier alpha value is -3.06. The Morgan fingerprint density at radius 2 is 1.79 bits per heavy atom. The molecule has 28 heavy (non-hydrogen) atoms. The summed E-state index contributed by atoms with van der Waals surface area (Å²) in [5.74, 6) is 0.298. The quantitative estimate of drug-likeness (QED) is 0.498. The number of hydrogen-bond donors (Lipinski definition) is 1. The molecule has 2 aromatic rings. The molecule has 0 radical (unpaired) electrons. The van der Waals surface area contributed by atoms with Gasteiger partial charge in [-0.05, 0) is 55.8 Å². The van der Waals surface area contributed by atoms with Gasteiger partial charge in [-0.3, -0.25) is 4.79 Å². The van der Waals surface area contributed by atoms with Crippen LogP contribution in [0.1, 0.15) is 22.8 Å².